The number of aliphatic carboxylic acids is 1. The van der Waals surface area contributed by atoms with Crippen LogP contribution >= 0.6 is 0 Å². The summed E-state index contributed by atoms with van der Waals surface area (Å²) in [6, 6.07) is 0.751. The SMILES string of the molecule is COC1CC(C(=O)O)N(C(=O)c2cc(C)[nH]n2)C1. The van der Waals surface area contributed by atoms with Crippen LogP contribution in [0.2, 0.25) is 0 Å². The molecule has 2 heterocycles. The van der Waals surface area contributed by atoms with Crippen molar-refractivity contribution in [1.29, 1.82) is 0 Å². The van der Waals surface area contributed by atoms with E-state index in [0.717, 1.165) is 5.69 Å². The van der Waals surface area contributed by atoms with E-state index in [2.05, 4.69) is 10.2 Å². The number of carboxylic acids is 1. The van der Waals surface area contributed by atoms with Gasteiger partial charge in [0.05, 0.1) is 6.10 Å². The molecule has 18 heavy (non-hydrogen) atoms. The second-order valence-electron chi connectivity index (χ2n) is 4.34. The summed E-state index contributed by atoms with van der Waals surface area (Å²) in [5, 5.41) is 15.6. The quantitative estimate of drug-likeness (QED) is 0.792. The molecule has 1 saturated heterocycles. The van der Waals surface area contributed by atoms with Gasteiger partial charge in [0, 0.05) is 25.8 Å². The van der Waals surface area contributed by atoms with Gasteiger partial charge >= 0.3 is 5.97 Å². The van der Waals surface area contributed by atoms with Gasteiger partial charge in [-0.05, 0) is 13.0 Å². The van der Waals surface area contributed by atoms with Crippen molar-refractivity contribution in [1.82, 2.24) is 15.1 Å². The zero-order valence-electron chi connectivity index (χ0n) is 10.2. The molecule has 1 amide bonds. The van der Waals surface area contributed by atoms with E-state index in [-0.39, 0.29) is 24.2 Å². The molecule has 0 spiro atoms. The lowest BCUT2D eigenvalue weighted by Gasteiger charge is -2.19. The first kappa shape index (κ1) is 12.6. The molecule has 0 aliphatic carbocycles. The Morgan fingerprint density at radius 1 is 1.61 bits per heavy atom. The summed E-state index contributed by atoms with van der Waals surface area (Å²) in [7, 11) is 1.51. The molecule has 7 nitrogen and oxygen atoms in total. The molecule has 0 saturated carbocycles. The minimum atomic E-state index is -1.02. The number of aromatic nitrogens is 2. The maximum atomic E-state index is 12.2. The van der Waals surface area contributed by atoms with Crippen molar-refractivity contribution in [2.75, 3.05) is 13.7 Å². The van der Waals surface area contributed by atoms with Crippen molar-refractivity contribution in [2.45, 2.75) is 25.5 Å². The Kier molecular flexibility index (Phi) is 3.33. The maximum Gasteiger partial charge on any atom is 0.326 e. The molecule has 1 aromatic heterocycles. The van der Waals surface area contributed by atoms with Crippen LogP contribution in [0.5, 0.6) is 0 Å². The Balaban J connectivity index is 2.20. The minimum Gasteiger partial charge on any atom is -0.480 e. The number of amides is 1. The number of carbonyl (C=O) groups is 2. The number of likely N-dealkylation sites (tertiary alicyclic amines) is 1. The fraction of sp³-hybridized carbons (Fsp3) is 0.545. The van der Waals surface area contributed by atoms with Gasteiger partial charge in [0.25, 0.3) is 5.91 Å². The van der Waals surface area contributed by atoms with Crippen molar-refractivity contribution >= 4 is 11.9 Å². The summed E-state index contributed by atoms with van der Waals surface area (Å²) >= 11 is 0. The number of H-pyrrole nitrogens is 1. The van der Waals surface area contributed by atoms with Crippen LogP contribution in [0.3, 0.4) is 0 Å². The summed E-state index contributed by atoms with van der Waals surface area (Å²) in [5.74, 6) is -1.40. The van der Waals surface area contributed by atoms with Crippen LogP contribution in [-0.2, 0) is 9.53 Å². The molecule has 1 aliphatic rings. The molecule has 2 atom stereocenters. The van der Waals surface area contributed by atoms with Gasteiger partial charge in [-0.15, -0.1) is 0 Å². The number of carboxylic acid groups (broad SMARTS) is 1. The highest BCUT2D eigenvalue weighted by atomic mass is 16.5. The number of nitrogens with one attached hydrogen (secondary N) is 1. The number of carbonyl (C=O) groups excluding carboxylic acids is 1. The summed E-state index contributed by atoms with van der Waals surface area (Å²) in [6.07, 6.45) is 0.0659. The fourth-order valence-electron chi connectivity index (χ4n) is 2.10. The van der Waals surface area contributed by atoms with Crippen LogP contribution in [0, 0.1) is 6.92 Å². The number of ether oxygens (including phenoxy) is 1. The normalized spacial score (nSPS) is 23.3. The highest BCUT2D eigenvalue weighted by Crippen LogP contribution is 2.22. The average Bonchev–Trinajstić information content (AvgIpc) is 2.93. The van der Waals surface area contributed by atoms with Crippen LogP contribution in [0.1, 0.15) is 22.6 Å². The second kappa shape index (κ2) is 4.77. The molecule has 2 rings (SSSR count). The zero-order chi connectivity index (χ0) is 13.3. The molecule has 0 aromatic carbocycles. The lowest BCUT2D eigenvalue weighted by atomic mass is 10.2. The predicted octanol–water partition coefficient (Wildman–Crippen LogP) is 0.0322. The highest BCUT2D eigenvalue weighted by molar-refractivity contribution is 5.95. The van der Waals surface area contributed by atoms with Crippen LogP contribution in [0.4, 0.5) is 0 Å². The first-order valence-electron chi connectivity index (χ1n) is 5.61. The Labute approximate surface area is 104 Å². The van der Waals surface area contributed by atoms with Gasteiger partial charge in [-0.3, -0.25) is 9.89 Å². The zero-order valence-corrected chi connectivity index (χ0v) is 10.2. The summed E-state index contributed by atoms with van der Waals surface area (Å²) < 4.78 is 5.13. The molecule has 98 valence electrons. The molecule has 0 bridgehead atoms. The molecule has 1 aromatic rings. The summed E-state index contributed by atoms with van der Waals surface area (Å²) in [5.41, 5.74) is 0.989. The largest absolute Gasteiger partial charge is 0.480 e. The number of methoxy groups -OCH3 is 1. The number of hydrogen-bond donors (Lipinski definition) is 2. The smallest absolute Gasteiger partial charge is 0.326 e. The Morgan fingerprint density at radius 2 is 2.33 bits per heavy atom. The monoisotopic (exact) mass is 253 g/mol. The van der Waals surface area contributed by atoms with Gasteiger partial charge in [0.15, 0.2) is 0 Å². The van der Waals surface area contributed by atoms with Gasteiger partial charge in [-0.25, -0.2) is 4.79 Å². The number of nitrogens with zero attached hydrogens (tertiary/aromatic N) is 2. The number of aryl methyl sites for hydroxylation is 1. The first-order chi connectivity index (χ1) is 8.52. The van der Waals surface area contributed by atoms with Gasteiger partial charge in [-0.2, -0.15) is 5.10 Å². The molecule has 1 aliphatic heterocycles. The Bertz CT molecular complexity index is 471. The van der Waals surface area contributed by atoms with E-state index in [1.54, 1.807) is 13.0 Å². The Hall–Kier alpha value is -1.89. The molecular weight excluding hydrogens is 238 g/mol. The number of aromatic amines is 1. The van der Waals surface area contributed by atoms with E-state index >= 15 is 0 Å². The maximum absolute atomic E-state index is 12.2. The lowest BCUT2D eigenvalue weighted by Crippen LogP contribution is -2.40. The van der Waals surface area contributed by atoms with Crippen molar-refractivity contribution in [2.24, 2.45) is 0 Å². The van der Waals surface area contributed by atoms with Gasteiger partial charge in [-0.1, -0.05) is 0 Å². The highest BCUT2D eigenvalue weighted by Gasteiger charge is 2.40. The van der Waals surface area contributed by atoms with Crippen molar-refractivity contribution < 1.29 is 19.4 Å². The molecule has 2 N–H and O–H groups in total. The molecule has 0 radical (unpaired) electrons. The van der Waals surface area contributed by atoms with Gasteiger partial charge in [0.1, 0.15) is 11.7 Å². The van der Waals surface area contributed by atoms with Crippen LogP contribution in [0.25, 0.3) is 0 Å². The molecule has 2 unspecified atom stereocenters. The second-order valence-corrected chi connectivity index (χ2v) is 4.34. The van der Waals surface area contributed by atoms with E-state index in [0.29, 0.717) is 6.42 Å². The minimum absolute atomic E-state index is 0.232. The third-order valence-electron chi connectivity index (χ3n) is 3.07. The third-order valence-corrected chi connectivity index (χ3v) is 3.07. The lowest BCUT2D eigenvalue weighted by molar-refractivity contribution is -0.141. The van der Waals surface area contributed by atoms with E-state index in [1.165, 1.54) is 12.0 Å². The predicted molar refractivity (Wildman–Crippen MR) is 61.2 cm³/mol. The van der Waals surface area contributed by atoms with E-state index in [4.69, 9.17) is 9.84 Å². The van der Waals surface area contributed by atoms with E-state index in [1.807, 2.05) is 0 Å². The van der Waals surface area contributed by atoms with Crippen LogP contribution < -0.4 is 0 Å². The average molecular weight is 253 g/mol. The van der Waals surface area contributed by atoms with Crippen molar-refractivity contribution in [3.63, 3.8) is 0 Å². The first-order valence-corrected chi connectivity index (χ1v) is 5.61. The summed E-state index contributed by atoms with van der Waals surface area (Å²) in [4.78, 5) is 24.6. The fourth-order valence-corrected chi connectivity index (χ4v) is 2.10. The molecule has 7 heteroatoms. The van der Waals surface area contributed by atoms with Crippen molar-refractivity contribution in [3.8, 4) is 0 Å². The number of hydrogen-bond acceptors (Lipinski definition) is 4. The third kappa shape index (κ3) is 2.21. The summed E-state index contributed by atoms with van der Waals surface area (Å²) in [6.45, 7) is 2.05. The van der Waals surface area contributed by atoms with E-state index in [9.17, 15) is 9.59 Å². The van der Waals surface area contributed by atoms with Crippen LogP contribution in [0.15, 0.2) is 6.07 Å². The standard InChI is InChI=1S/C11H15N3O4/c1-6-3-8(13-12-6)10(15)14-5-7(18-2)4-9(14)11(16)17/h3,7,9H,4-5H2,1-2H3,(H,12,13)(H,16,17). The van der Waals surface area contributed by atoms with Gasteiger partial charge in [0.2, 0.25) is 0 Å². The van der Waals surface area contributed by atoms with Crippen molar-refractivity contribution in [3.05, 3.63) is 17.5 Å². The molecule has 1 fully saturated rings. The van der Waals surface area contributed by atoms with Crippen LogP contribution in [-0.4, -0.2) is 57.9 Å². The number of rotatable bonds is 3. The molecular formula is C11H15N3O4. The Morgan fingerprint density at radius 3 is 2.83 bits per heavy atom. The van der Waals surface area contributed by atoms with Gasteiger partial charge < -0.3 is 14.7 Å². The van der Waals surface area contributed by atoms with E-state index < -0.39 is 12.0 Å². The topological polar surface area (TPSA) is 95.5 Å².